The van der Waals surface area contributed by atoms with Crippen LogP contribution in [0.3, 0.4) is 0 Å². The zero-order valence-electron chi connectivity index (χ0n) is 11.5. The third-order valence-electron chi connectivity index (χ3n) is 3.09. The highest BCUT2D eigenvalue weighted by Gasteiger charge is 2.13. The van der Waals surface area contributed by atoms with Crippen LogP contribution < -0.4 is 4.90 Å². The molecule has 3 heteroatoms. The summed E-state index contributed by atoms with van der Waals surface area (Å²) < 4.78 is 0. The lowest BCUT2D eigenvalue weighted by atomic mass is 10.0. The van der Waals surface area contributed by atoms with E-state index >= 15 is 0 Å². The first-order chi connectivity index (χ1) is 7.91. The molecular weight excluding hydrogens is 212 g/mol. The SMILES string of the molecule is CC(C)CC(C)N(C)c1cc([C@H](C)O)ccn1. The molecule has 0 fully saturated rings. The van der Waals surface area contributed by atoms with Crippen LogP contribution in [0.1, 0.15) is 45.8 Å². The van der Waals surface area contributed by atoms with Crippen LogP contribution in [-0.2, 0) is 0 Å². The second-order valence-electron chi connectivity index (χ2n) is 5.21. The van der Waals surface area contributed by atoms with Gasteiger partial charge in [0.15, 0.2) is 0 Å². The maximum absolute atomic E-state index is 9.57. The number of aliphatic hydroxyl groups excluding tert-OH is 1. The van der Waals surface area contributed by atoms with E-state index in [2.05, 4.69) is 37.7 Å². The van der Waals surface area contributed by atoms with Crippen LogP contribution in [-0.4, -0.2) is 23.2 Å². The second kappa shape index (κ2) is 6.01. The van der Waals surface area contributed by atoms with Crippen LogP contribution in [0.15, 0.2) is 18.3 Å². The van der Waals surface area contributed by atoms with Crippen molar-refractivity contribution >= 4 is 5.82 Å². The third kappa shape index (κ3) is 4.00. The first kappa shape index (κ1) is 14.0. The fourth-order valence-electron chi connectivity index (χ4n) is 1.95. The lowest BCUT2D eigenvalue weighted by molar-refractivity contribution is 0.199. The Hall–Kier alpha value is -1.09. The summed E-state index contributed by atoms with van der Waals surface area (Å²) in [6.45, 7) is 8.43. The second-order valence-corrected chi connectivity index (χ2v) is 5.21. The Morgan fingerprint density at radius 3 is 2.47 bits per heavy atom. The van der Waals surface area contributed by atoms with Gasteiger partial charge in [-0.3, -0.25) is 0 Å². The maximum Gasteiger partial charge on any atom is 0.128 e. The molecule has 0 aromatic carbocycles. The summed E-state index contributed by atoms with van der Waals surface area (Å²) in [5.74, 6) is 1.60. The maximum atomic E-state index is 9.57. The molecule has 0 saturated carbocycles. The van der Waals surface area contributed by atoms with E-state index in [-0.39, 0.29) is 0 Å². The van der Waals surface area contributed by atoms with Gasteiger partial charge in [0.2, 0.25) is 0 Å². The Morgan fingerprint density at radius 1 is 1.29 bits per heavy atom. The van der Waals surface area contributed by atoms with Crippen LogP contribution >= 0.6 is 0 Å². The smallest absolute Gasteiger partial charge is 0.128 e. The van der Waals surface area contributed by atoms with E-state index in [1.54, 1.807) is 13.1 Å². The summed E-state index contributed by atoms with van der Waals surface area (Å²) in [6.07, 6.45) is 2.46. The van der Waals surface area contributed by atoms with Crippen molar-refractivity contribution < 1.29 is 5.11 Å². The molecular formula is C14H24N2O. The number of anilines is 1. The molecule has 0 spiro atoms. The van der Waals surface area contributed by atoms with Crippen LogP contribution in [0.5, 0.6) is 0 Å². The molecule has 0 saturated heterocycles. The molecule has 1 aromatic heterocycles. The van der Waals surface area contributed by atoms with Crippen molar-refractivity contribution in [2.24, 2.45) is 5.92 Å². The molecule has 96 valence electrons. The minimum atomic E-state index is -0.439. The van der Waals surface area contributed by atoms with Gasteiger partial charge in [0.1, 0.15) is 5.82 Å². The van der Waals surface area contributed by atoms with Gasteiger partial charge in [-0.15, -0.1) is 0 Å². The van der Waals surface area contributed by atoms with Crippen molar-refractivity contribution in [3.63, 3.8) is 0 Å². The largest absolute Gasteiger partial charge is 0.389 e. The standard InChI is InChI=1S/C14H24N2O/c1-10(2)8-11(3)16(5)14-9-13(12(4)17)6-7-15-14/h6-7,9-12,17H,8H2,1-5H3/t11?,12-/m0/s1. The van der Waals surface area contributed by atoms with Gasteiger partial charge in [0.25, 0.3) is 0 Å². The quantitative estimate of drug-likeness (QED) is 0.853. The number of pyridine rings is 1. The summed E-state index contributed by atoms with van der Waals surface area (Å²) in [6, 6.07) is 4.27. The molecule has 1 unspecified atom stereocenters. The molecule has 0 radical (unpaired) electrons. The molecule has 1 heterocycles. The third-order valence-corrected chi connectivity index (χ3v) is 3.09. The lowest BCUT2D eigenvalue weighted by Crippen LogP contribution is -2.30. The first-order valence-electron chi connectivity index (χ1n) is 6.28. The van der Waals surface area contributed by atoms with Crippen molar-refractivity contribution in [3.05, 3.63) is 23.9 Å². The fourth-order valence-corrected chi connectivity index (χ4v) is 1.95. The zero-order valence-corrected chi connectivity index (χ0v) is 11.5. The van der Waals surface area contributed by atoms with E-state index in [4.69, 9.17) is 0 Å². The minimum absolute atomic E-state index is 0.439. The van der Waals surface area contributed by atoms with Crippen LogP contribution in [0.25, 0.3) is 0 Å². The van der Waals surface area contributed by atoms with Crippen molar-refractivity contribution in [1.29, 1.82) is 0 Å². The van der Waals surface area contributed by atoms with E-state index < -0.39 is 6.10 Å². The fraction of sp³-hybridized carbons (Fsp3) is 0.643. The average Bonchev–Trinajstić information content (AvgIpc) is 2.27. The molecule has 2 atom stereocenters. The summed E-state index contributed by atoms with van der Waals surface area (Å²) in [4.78, 5) is 6.54. The molecule has 1 rings (SSSR count). The van der Waals surface area contributed by atoms with Crippen LogP contribution in [0.4, 0.5) is 5.82 Å². The van der Waals surface area contributed by atoms with Gasteiger partial charge in [0, 0.05) is 19.3 Å². The topological polar surface area (TPSA) is 36.4 Å². The number of aromatic nitrogens is 1. The van der Waals surface area contributed by atoms with Crippen molar-refractivity contribution in [2.45, 2.75) is 46.3 Å². The Bertz CT molecular complexity index is 350. The molecule has 3 nitrogen and oxygen atoms in total. The van der Waals surface area contributed by atoms with E-state index in [9.17, 15) is 5.11 Å². The van der Waals surface area contributed by atoms with Gasteiger partial charge >= 0.3 is 0 Å². The normalized spacial score (nSPS) is 14.8. The Morgan fingerprint density at radius 2 is 1.94 bits per heavy atom. The number of nitrogens with zero attached hydrogens (tertiary/aromatic N) is 2. The Balaban J connectivity index is 2.81. The molecule has 17 heavy (non-hydrogen) atoms. The van der Waals surface area contributed by atoms with Crippen molar-refractivity contribution in [1.82, 2.24) is 4.98 Å². The summed E-state index contributed by atoms with van der Waals surface area (Å²) >= 11 is 0. The molecule has 0 aliphatic carbocycles. The van der Waals surface area contributed by atoms with Crippen LogP contribution in [0, 0.1) is 5.92 Å². The predicted octanol–water partition coefficient (Wildman–Crippen LogP) is 3.01. The summed E-state index contributed by atoms with van der Waals surface area (Å²) in [5.41, 5.74) is 0.915. The van der Waals surface area contributed by atoms with Gasteiger partial charge in [-0.25, -0.2) is 4.98 Å². The molecule has 0 aliphatic heterocycles. The number of hydrogen-bond acceptors (Lipinski definition) is 3. The average molecular weight is 236 g/mol. The summed E-state index contributed by atoms with van der Waals surface area (Å²) in [7, 11) is 2.06. The highest BCUT2D eigenvalue weighted by molar-refractivity contribution is 5.41. The molecule has 1 N–H and O–H groups in total. The van der Waals surface area contributed by atoms with Gasteiger partial charge in [-0.05, 0) is 43.9 Å². The lowest BCUT2D eigenvalue weighted by Gasteiger charge is -2.27. The van der Waals surface area contributed by atoms with Crippen molar-refractivity contribution in [3.8, 4) is 0 Å². The first-order valence-corrected chi connectivity index (χ1v) is 6.28. The van der Waals surface area contributed by atoms with Gasteiger partial charge in [0.05, 0.1) is 6.10 Å². The Labute approximate surface area is 104 Å². The predicted molar refractivity (Wildman–Crippen MR) is 72.2 cm³/mol. The monoisotopic (exact) mass is 236 g/mol. The molecule has 0 bridgehead atoms. The van der Waals surface area contributed by atoms with E-state index in [1.165, 1.54) is 0 Å². The number of aliphatic hydroxyl groups is 1. The van der Waals surface area contributed by atoms with Gasteiger partial charge in [-0.2, -0.15) is 0 Å². The van der Waals surface area contributed by atoms with E-state index in [0.29, 0.717) is 12.0 Å². The highest BCUT2D eigenvalue weighted by Crippen LogP contribution is 2.20. The number of hydrogen-bond donors (Lipinski definition) is 1. The Kier molecular flexibility index (Phi) is 4.94. The summed E-state index contributed by atoms with van der Waals surface area (Å²) in [5, 5.41) is 9.57. The zero-order chi connectivity index (χ0) is 13.0. The van der Waals surface area contributed by atoms with E-state index in [0.717, 1.165) is 17.8 Å². The van der Waals surface area contributed by atoms with Crippen LogP contribution in [0.2, 0.25) is 0 Å². The minimum Gasteiger partial charge on any atom is -0.389 e. The molecule has 1 aromatic rings. The number of rotatable bonds is 5. The molecule has 0 amide bonds. The van der Waals surface area contributed by atoms with Crippen molar-refractivity contribution in [2.75, 3.05) is 11.9 Å². The van der Waals surface area contributed by atoms with Gasteiger partial charge < -0.3 is 10.0 Å². The highest BCUT2D eigenvalue weighted by atomic mass is 16.3. The molecule has 0 aliphatic rings. The van der Waals surface area contributed by atoms with E-state index in [1.807, 2.05) is 12.1 Å². The van der Waals surface area contributed by atoms with Gasteiger partial charge in [-0.1, -0.05) is 13.8 Å².